The van der Waals surface area contributed by atoms with Crippen LogP contribution in [0.1, 0.15) is 41.6 Å². The summed E-state index contributed by atoms with van der Waals surface area (Å²) in [5, 5.41) is 0. The van der Waals surface area contributed by atoms with Gasteiger partial charge in [-0.1, -0.05) is 12.1 Å². The van der Waals surface area contributed by atoms with Gasteiger partial charge in [0.1, 0.15) is 22.8 Å². The zero-order valence-electron chi connectivity index (χ0n) is 16.5. The number of ketones is 1. The summed E-state index contributed by atoms with van der Waals surface area (Å²) < 4.78 is 17.2. The molecule has 2 aromatic carbocycles. The smallest absolute Gasteiger partial charge is 0.231 e. The predicted octanol–water partition coefficient (Wildman–Crippen LogP) is 5.94. The van der Waals surface area contributed by atoms with Gasteiger partial charge in [-0.15, -0.1) is 0 Å². The molecule has 0 radical (unpaired) electrons. The van der Waals surface area contributed by atoms with Crippen molar-refractivity contribution in [3.05, 3.63) is 83.6 Å². The lowest BCUT2D eigenvalue weighted by Gasteiger charge is -2.10. The SMILES string of the molecule is Cc1ccc(C=C(C(=O)c2ccc(OC(C)C)cc2)c2nc3ccccc3o2)o1. The fourth-order valence-corrected chi connectivity index (χ4v) is 3.00. The lowest BCUT2D eigenvalue weighted by Crippen LogP contribution is -2.06. The molecule has 5 heteroatoms. The molecule has 0 aliphatic rings. The van der Waals surface area contributed by atoms with Crippen molar-refractivity contribution in [2.24, 2.45) is 0 Å². The molecule has 0 N–H and O–H groups in total. The zero-order valence-corrected chi connectivity index (χ0v) is 16.5. The molecule has 0 aliphatic heterocycles. The minimum Gasteiger partial charge on any atom is -0.491 e. The van der Waals surface area contributed by atoms with Gasteiger partial charge in [-0.05, 0) is 75.4 Å². The highest BCUT2D eigenvalue weighted by molar-refractivity contribution is 6.31. The molecule has 2 aromatic heterocycles. The number of nitrogens with zero attached hydrogens (tertiary/aromatic N) is 1. The highest BCUT2D eigenvalue weighted by Crippen LogP contribution is 2.27. The van der Waals surface area contributed by atoms with E-state index in [-0.39, 0.29) is 17.8 Å². The number of Topliss-reactive ketones (excluding diaryl/α,β-unsaturated/α-hetero) is 1. The van der Waals surface area contributed by atoms with Crippen LogP contribution in [0.2, 0.25) is 0 Å². The number of para-hydroxylation sites is 2. The summed E-state index contributed by atoms with van der Waals surface area (Å²) in [6.45, 7) is 5.77. The van der Waals surface area contributed by atoms with Gasteiger partial charge >= 0.3 is 0 Å². The third-order valence-corrected chi connectivity index (χ3v) is 4.30. The zero-order chi connectivity index (χ0) is 20.4. The first kappa shape index (κ1) is 18.7. The van der Waals surface area contributed by atoms with Gasteiger partial charge in [0.15, 0.2) is 11.4 Å². The first-order valence-electron chi connectivity index (χ1n) is 9.45. The number of hydrogen-bond acceptors (Lipinski definition) is 5. The van der Waals surface area contributed by atoms with E-state index in [0.29, 0.717) is 33.7 Å². The summed E-state index contributed by atoms with van der Waals surface area (Å²) in [4.78, 5) is 17.8. The fraction of sp³-hybridized carbons (Fsp3) is 0.167. The average Bonchev–Trinajstić information content (AvgIpc) is 3.31. The lowest BCUT2D eigenvalue weighted by molar-refractivity contribution is 0.105. The molecule has 0 saturated heterocycles. The van der Waals surface area contributed by atoms with Crippen molar-refractivity contribution < 1.29 is 18.4 Å². The molecule has 0 aliphatic carbocycles. The van der Waals surface area contributed by atoms with Crippen LogP contribution in [0.3, 0.4) is 0 Å². The Morgan fingerprint density at radius 2 is 1.76 bits per heavy atom. The summed E-state index contributed by atoms with van der Waals surface area (Å²) >= 11 is 0. The minimum absolute atomic E-state index is 0.0638. The molecule has 0 unspecified atom stereocenters. The van der Waals surface area contributed by atoms with E-state index in [4.69, 9.17) is 13.6 Å². The molecule has 146 valence electrons. The number of carbonyl (C=O) groups is 1. The molecule has 0 bridgehead atoms. The highest BCUT2D eigenvalue weighted by atomic mass is 16.5. The number of furan rings is 1. The van der Waals surface area contributed by atoms with Crippen LogP contribution in [0, 0.1) is 6.92 Å². The van der Waals surface area contributed by atoms with Crippen molar-refractivity contribution in [2.45, 2.75) is 26.9 Å². The Hall–Kier alpha value is -3.60. The van der Waals surface area contributed by atoms with E-state index in [1.165, 1.54) is 0 Å². The molecule has 0 amide bonds. The number of carbonyl (C=O) groups excluding carboxylic acids is 1. The first-order chi connectivity index (χ1) is 14.0. The molecule has 0 fully saturated rings. The maximum absolute atomic E-state index is 13.3. The highest BCUT2D eigenvalue weighted by Gasteiger charge is 2.21. The van der Waals surface area contributed by atoms with Gasteiger partial charge in [-0.3, -0.25) is 4.79 Å². The number of aryl methyl sites for hydroxylation is 1. The third kappa shape index (κ3) is 4.14. The van der Waals surface area contributed by atoms with Gasteiger partial charge in [0.05, 0.1) is 11.7 Å². The van der Waals surface area contributed by atoms with Gasteiger partial charge in [0, 0.05) is 5.56 Å². The Balaban J connectivity index is 1.75. The number of rotatable bonds is 6. The van der Waals surface area contributed by atoms with Crippen LogP contribution in [-0.2, 0) is 0 Å². The van der Waals surface area contributed by atoms with Gasteiger partial charge in [0.25, 0.3) is 0 Å². The number of allylic oxidation sites excluding steroid dienone is 1. The second-order valence-electron chi connectivity index (χ2n) is 7.01. The maximum atomic E-state index is 13.3. The summed E-state index contributed by atoms with van der Waals surface area (Å²) in [5.41, 5.74) is 2.15. The van der Waals surface area contributed by atoms with E-state index >= 15 is 0 Å². The minimum atomic E-state index is -0.207. The summed E-state index contributed by atoms with van der Waals surface area (Å²) in [6.07, 6.45) is 1.73. The second-order valence-corrected chi connectivity index (χ2v) is 7.01. The van der Waals surface area contributed by atoms with Crippen LogP contribution in [-0.4, -0.2) is 16.9 Å². The molecule has 29 heavy (non-hydrogen) atoms. The van der Waals surface area contributed by atoms with E-state index in [1.807, 2.05) is 57.2 Å². The van der Waals surface area contributed by atoms with Crippen LogP contribution in [0.15, 0.2) is 69.5 Å². The number of fused-ring (bicyclic) bond motifs is 1. The van der Waals surface area contributed by atoms with Crippen molar-refractivity contribution in [1.82, 2.24) is 4.98 Å². The maximum Gasteiger partial charge on any atom is 0.231 e. The van der Waals surface area contributed by atoms with Crippen LogP contribution in [0.5, 0.6) is 5.75 Å². The number of benzene rings is 2. The third-order valence-electron chi connectivity index (χ3n) is 4.30. The first-order valence-corrected chi connectivity index (χ1v) is 9.45. The van der Waals surface area contributed by atoms with E-state index in [0.717, 1.165) is 5.76 Å². The number of oxazole rings is 1. The molecule has 0 atom stereocenters. The quantitative estimate of drug-likeness (QED) is 0.303. The van der Waals surface area contributed by atoms with Gasteiger partial charge in [-0.2, -0.15) is 0 Å². The largest absolute Gasteiger partial charge is 0.491 e. The Kier molecular flexibility index (Phi) is 5.04. The standard InChI is InChI=1S/C24H21NO4/c1-15(2)27-18-12-9-17(10-13-18)23(26)20(14-19-11-8-16(3)28-19)24-25-21-6-4-5-7-22(21)29-24/h4-15H,1-3H3. The summed E-state index contributed by atoms with van der Waals surface area (Å²) in [6, 6.07) is 18.1. The fourth-order valence-electron chi connectivity index (χ4n) is 3.00. The number of ether oxygens (including phenoxy) is 1. The van der Waals surface area contributed by atoms with Crippen molar-refractivity contribution in [3.8, 4) is 5.75 Å². The monoisotopic (exact) mass is 387 g/mol. The average molecular weight is 387 g/mol. The summed E-state index contributed by atoms with van der Waals surface area (Å²) in [5.74, 6) is 2.09. The van der Waals surface area contributed by atoms with Crippen LogP contribution in [0.25, 0.3) is 22.7 Å². The Bertz CT molecular complexity index is 1150. The van der Waals surface area contributed by atoms with E-state index < -0.39 is 0 Å². The normalized spacial score (nSPS) is 11.9. The Morgan fingerprint density at radius 1 is 1.00 bits per heavy atom. The Labute approximate surface area is 168 Å². The molecule has 4 aromatic rings. The number of hydrogen-bond donors (Lipinski definition) is 0. The molecule has 0 saturated carbocycles. The van der Waals surface area contributed by atoms with Gasteiger partial charge in [-0.25, -0.2) is 4.98 Å². The predicted molar refractivity (Wildman–Crippen MR) is 112 cm³/mol. The van der Waals surface area contributed by atoms with E-state index in [2.05, 4.69) is 4.98 Å². The van der Waals surface area contributed by atoms with Gasteiger partial charge < -0.3 is 13.6 Å². The van der Waals surface area contributed by atoms with E-state index in [1.54, 1.807) is 30.3 Å². The van der Waals surface area contributed by atoms with Crippen LogP contribution in [0.4, 0.5) is 0 Å². The topological polar surface area (TPSA) is 65.5 Å². The van der Waals surface area contributed by atoms with Crippen molar-refractivity contribution in [2.75, 3.05) is 0 Å². The van der Waals surface area contributed by atoms with Crippen LogP contribution < -0.4 is 4.74 Å². The number of aromatic nitrogens is 1. The molecular formula is C24H21NO4. The Morgan fingerprint density at radius 3 is 2.41 bits per heavy atom. The summed E-state index contributed by atoms with van der Waals surface area (Å²) in [7, 11) is 0. The van der Waals surface area contributed by atoms with Gasteiger partial charge in [0.2, 0.25) is 5.89 Å². The van der Waals surface area contributed by atoms with Crippen LogP contribution >= 0.6 is 0 Å². The molecule has 4 rings (SSSR count). The van der Waals surface area contributed by atoms with Crippen molar-refractivity contribution in [3.63, 3.8) is 0 Å². The molecule has 5 nitrogen and oxygen atoms in total. The van der Waals surface area contributed by atoms with Crippen molar-refractivity contribution >= 4 is 28.5 Å². The molecule has 0 spiro atoms. The van der Waals surface area contributed by atoms with Crippen molar-refractivity contribution in [1.29, 1.82) is 0 Å². The molecular weight excluding hydrogens is 366 g/mol. The second kappa shape index (κ2) is 7.80. The molecule has 2 heterocycles. The lowest BCUT2D eigenvalue weighted by atomic mass is 10.0. The van der Waals surface area contributed by atoms with E-state index in [9.17, 15) is 4.79 Å².